The van der Waals surface area contributed by atoms with Crippen LogP contribution in [0.4, 0.5) is 0 Å². The molecule has 26 heavy (non-hydrogen) atoms. The van der Waals surface area contributed by atoms with Gasteiger partial charge in [0.25, 0.3) is 0 Å². The number of methoxy groups -OCH3 is 1. The van der Waals surface area contributed by atoms with Crippen LogP contribution in [0.2, 0.25) is 0 Å². The first kappa shape index (κ1) is 16.6. The molecule has 1 aliphatic heterocycles. The molecular weight excluding hydrogens is 328 g/mol. The van der Waals surface area contributed by atoms with Crippen molar-refractivity contribution in [3.63, 3.8) is 0 Å². The number of nitrogens with zero attached hydrogens (tertiary/aromatic N) is 2. The van der Waals surface area contributed by atoms with Crippen LogP contribution in [-0.2, 0) is 11.2 Å². The van der Waals surface area contributed by atoms with Crippen LogP contribution in [0.25, 0.3) is 0 Å². The monoisotopic (exact) mass is 348 g/mol. The van der Waals surface area contributed by atoms with Crippen molar-refractivity contribution in [2.45, 2.75) is 31.7 Å². The standard InChI is InChI=1S/C21H20N2O3/c1-12-7-8-15(16(9-12)20(25)26-3)17-11-22-23-21(17)10-14-6-4-5-13(2)18(14)19(21)24/h4-9,17H,10-11H2,1-3H3/t17-,21-/m1/s1. The van der Waals surface area contributed by atoms with Crippen LogP contribution >= 0.6 is 0 Å². The quantitative estimate of drug-likeness (QED) is 0.775. The molecule has 0 saturated carbocycles. The van der Waals surface area contributed by atoms with Crippen molar-refractivity contribution in [3.8, 4) is 0 Å². The minimum atomic E-state index is -0.952. The first-order chi connectivity index (χ1) is 12.5. The zero-order valence-corrected chi connectivity index (χ0v) is 15.1. The van der Waals surface area contributed by atoms with Gasteiger partial charge in [-0.1, -0.05) is 35.9 Å². The van der Waals surface area contributed by atoms with Gasteiger partial charge in [0.15, 0.2) is 11.3 Å². The Morgan fingerprint density at radius 3 is 2.77 bits per heavy atom. The van der Waals surface area contributed by atoms with Gasteiger partial charge in [-0.3, -0.25) is 4.79 Å². The second kappa shape index (κ2) is 5.87. The molecule has 1 aliphatic carbocycles. The van der Waals surface area contributed by atoms with E-state index in [4.69, 9.17) is 4.74 Å². The van der Waals surface area contributed by atoms with Gasteiger partial charge in [0, 0.05) is 17.9 Å². The molecule has 0 bridgehead atoms. The number of aryl methyl sites for hydroxylation is 2. The average Bonchev–Trinajstić information content (AvgIpc) is 3.17. The molecule has 0 saturated heterocycles. The number of benzene rings is 2. The fourth-order valence-corrected chi connectivity index (χ4v) is 4.24. The van der Waals surface area contributed by atoms with Crippen LogP contribution < -0.4 is 0 Å². The maximum atomic E-state index is 13.4. The highest BCUT2D eigenvalue weighted by molar-refractivity contribution is 6.10. The van der Waals surface area contributed by atoms with Gasteiger partial charge in [0.1, 0.15) is 0 Å². The molecule has 1 heterocycles. The minimum absolute atomic E-state index is 0.00763. The topological polar surface area (TPSA) is 68.1 Å². The van der Waals surface area contributed by atoms with E-state index in [2.05, 4.69) is 10.2 Å². The lowest BCUT2D eigenvalue weighted by Gasteiger charge is -2.27. The summed E-state index contributed by atoms with van der Waals surface area (Å²) in [5, 5.41) is 8.67. The van der Waals surface area contributed by atoms with Gasteiger partial charge >= 0.3 is 5.97 Å². The summed E-state index contributed by atoms with van der Waals surface area (Å²) in [6.45, 7) is 4.27. The summed E-state index contributed by atoms with van der Waals surface area (Å²) in [4.78, 5) is 25.7. The second-order valence-electron chi connectivity index (χ2n) is 7.10. The number of esters is 1. The molecule has 4 rings (SSSR count). The number of fused-ring (bicyclic) bond motifs is 1. The Kier molecular flexibility index (Phi) is 3.75. The highest BCUT2D eigenvalue weighted by atomic mass is 16.5. The van der Waals surface area contributed by atoms with Crippen molar-refractivity contribution < 1.29 is 14.3 Å². The van der Waals surface area contributed by atoms with Crippen LogP contribution in [0.15, 0.2) is 46.6 Å². The van der Waals surface area contributed by atoms with Crippen molar-refractivity contribution in [2.24, 2.45) is 10.2 Å². The van der Waals surface area contributed by atoms with Crippen molar-refractivity contribution in [1.29, 1.82) is 0 Å². The summed E-state index contributed by atoms with van der Waals surface area (Å²) in [5.41, 5.74) is 4.01. The van der Waals surface area contributed by atoms with E-state index in [1.807, 2.05) is 50.2 Å². The van der Waals surface area contributed by atoms with E-state index in [0.717, 1.165) is 27.8 Å². The minimum Gasteiger partial charge on any atom is -0.465 e. The van der Waals surface area contributed by atoms with Gasteiger partial charge in [-0.05, 0) is 36.6 Å². The average molecular weight is 348 g/mol. The number of ether oxygens (including phenoxy) is 1. The highest BCUT2D eigenvalue weighted by Crippen LogP contribution is 2.48. The Morgan fingerprint density at radius 1 is 1.23 bits per heavy atom. The zero-order chi connectivity index (χ0) is 18.5. The molecule has 0 N–H and O–H groups in total. The van der Waals surface area contributed by atoms with Gasteiger partial charge in [0.2, 0.25) is 0 Å². The Balaban J connectivity index is 1.85. The summed E-state index contributed by atoms with van der Waals surface area (Å²) >= 11 is 0. The molecule has 0 amide bonds. The molecule has 0 aromatic heterocycles. The summed E-state index contributed by atoms with van der Waals surface area (Å²) < 4.78 is 4.97. The number of rotatable bonds is 2. The number of hydrogen-bond acceptors (Lipinski definition) is 5. The molecular formula is C21H20N2O3. The van der Waals surface area contributed by atoms with E-state index in [9.17, 15) is 9.59 Å². The molecule has 2 aliphatic rings. The third-order valence-corrected chi connectivity index (χ3v) is 5.52. The number of azo groups is 1. The molecule has 5 heteroatoms. The van der Waals surface area contributed by atoms with Gasteiger partial charge < -0.3 is 4.74 Å². The van der Waals surface area contributed by atoms with E-state index >= 15 is 0 Å². The van der Waals surface area contributed by atoms with Crippen molar-refractivity contribution in [3.05, 3.63) is 69.8 Å². The zero-order valence-electron chi connectivity index (χ0n) is 15.1. The lowest BCUT2D eigenvalue weighted by molar-refractivity contribution is 0.0597. The largest absolute Gasteiger partial charge is 0.465 e. The van der Waals surface area contributed by atoms with Crippen molar-refractivity contribution >= 4 is 11.8 Å². The fourth-order valence-electron chi connectivity index (χ4n) is 4.24. The molecule has 5 nitrogen and oxygen atoms in total. The lowest BCUT2D eigenvalue weighted by Crippen LogP contribution is -2.39. The summed E-state index contributed by atoms with van der Waals surface area (Å²) in [5.74, 6) is -0.658. The van der Waals surface area contributed by atoms with E-state index in [1.165, 1.54) is 7.11 Å². The molecule has 132 valence electrons. The lowest BCUT2D eigenvalue weighted by atomic mass is 9.76. The Hall–Kier alpha value is -2.82. The smallest absolute Gasteiger partial charge is 0.338 e. The number of carbonyl (C=O) groups is 2. The van der Waals surface area contributed by atoms with Gasteiger partial charge in [-0.15, -0.1) is 0 Å². The number of carbonyl (C=O) groups excluding carboxylic acids is 2. The molecule has 0 fully saturated rings. The summed E-state index contributed by atoms with van der Waals surface area (Å²) in [6.07, 6.45) is 0.519. The highest BCUT2D eigenvalue weighted by Gasteiger charge is 2.55. The van der Waals surface area contributed by atoms with Crippen LogP contribution in [0.1, 0.15) is 48.9 Å². The van der Waals surface area contributed by atoms with E-state index in [-0.39, 0.29) is 11.7 Å². The van der Waals surface area contributed by atoms with Crippen LogP contribution in [-0.4, -0.2) is 30.9 Å². The van der Waals surface area contributed by atoms with Gasteiger partial charge in [-0.2, -0.15) is 10.2 Å². The van der Waals surface area contributed by atoms with E-state index in [0.29, 0.717) is 18.5 Å². The molecule has 2 aromatic rings. The SMILES string of the molecule is COC(=O)c1cc(C)ccc1[C@H]1CN=N[C@]12Cc1cccc(C)c1C2=O. The third kappa shape index (κ3) is 2.23. The number of hydrogen-bond donors (Lipinski definition) is 0. The molecule has 2 atom stereocenters. The van der Waals surface area contributed by atoms with Crippen LogP contribution in [0.5, 0.6) is 0 Å². The van der Waals surface area contributed by atoms with Crippen LogP contribution in [0.3, 0.4) is 0 Å². The predicted molar refractivity (Wildman–Crippen MR) is 96.9 cm³/mol. The maximum absolute atomic E-state index is 13.4. The van der Waals surface area contributed by atoms with Crippen molar-refractivity contribution in [2.75, 3.05) is 13.7 Å². The fraction of sp³-hybridized carbons (Fsp3) is 0.333. The Bertz CT molecular complexity index is 964. The van der Waals surface area contributed by atoms with Crippen LogP contribution in [0, 0.1) is 13.8 Å². The Morgan fingerprint density at radius 2 is 2.04 bits per heavy atom. The predicted octanol–water partition coefficient (Wildman–Crippen LogP) is 3.82. The third-order valence-electron chi connectivity index (χ3n) is 5.52. The van der Waals surface area contributed by atoms with Gasteiger partial charge in [0.05, 0.1) is 19.2 Å². The molecule has 2 aromatic carbocycles. The van der Waals surface area contributed by atoms with E-state index in [1.54, 1.807) is 0 Å². The summed E-state index contributed by atoms with van der Waals surface area (Å²) in [6, 6.07) is 11.6. The second-order valence-corrected chi connectivity index (χ2v) is 7.10. The first-order valence-electron chi connectivity index (χ1n) is 8.69. The maximum Gasteiger partial charge on any atom is 0.338 e. The normalized spacial score (nSPS) is 23.5. The summed E-state index contributed by atoms with van der Waals surface area (Å²) in [7, 11) is 1.37. The van der Waals surface area contributed by atoms with E-state index < -0.39 is 11.5 Å². The molecule has 1 spiro atoms. The van der Waals surface area contributed by atoms with Crippen molar-refractivity contribution in [1.82, 2.24) is 0 Å². The van der Waals surface area contributed by atoms with Gasteiger partial charge in [-0.25, -0.2) is 4.79 Å². The molecule has 0 radical (unpaired) electrons. The molecule has 0 unspecified atom stereocenters. The first-order valence-corrected chi connectivity index (χ1v) is 8.69. The number of Topliss-reactive ketones (excluding diaryl/α,β-unsaturated/α-hetero) is 1. The Labute approximate surface area is 152 Å². The number of ketones is 1.